The van der Waals surface area contributed by atoms with Crippen molar-refractivity contribution in [1.82, 2.24) is 14.9 Å². The summed E-state index contributed by atoms with van der Waals surface area (Å²) in [5, 5.41) is 0. The van der Waals surface area contributed by atoms with E-state index in [1.54, 1.807) is 24.8 Å². The molecule has 3 rings (SSSR count). The molecule has 2 aromatic heterocycles. The van der Waals surface area contributed by atoms with Gasteiger partial charge in [-0.3, -0.25) is 14.8 Å². The average Bonchev–Trinajstić information content (AvgIpc) is 2.63. The number of aromatic nitrogens is 2. The molecule has 4 nitrogen and oxygen atoms in total. The first-order valence-electron chi connectivity index (χ1n) is 8.32. The number of carbonyl (C=O) groups is 1. The number of rotatable bonds is 6. The molecule has 0 fully saturated rings. The topological polar surface area (TPSA) is 46.1 Å². The van der Waals surface area contributed by atoms with Crippen LogP contribution in [0.15, 0.2) is 73.3 Å². The summed E-state index contributed by atoms with van der Waals surface area (Å²) in [6, 6.07) is 15.9. The summed E-state index contributed by atoms with van der Waals surface area (Å²) in [7, 11) is 0. The fraction of sp³-hybridized carbons (Fsp3) is 0.190. The van der Waals surface area contributed by atoms with Gasteiger partial charge in [0.05, 0.1) is 6.42 Å². The number of carbonyl (C=O) groups excluding carboxylic acids is 1. The standard InChI is InChI=1S/C21H21N3O/c1-17-4-2-5-19(12-17)13-21(25)24(15-18-7-10-22-11-8-18)16-20-6-3-9-23-14-20/h2-12,14H,13,15-16H2,1H3. The highest BCUT2D eigenvalue weighted by Gasteiger charge is 2.15. The number of pyridine rings is 2. The molecule has 1 amide bonds. The van der Waals surface area contributed by atoms with Crippen molar-refractivity contribution >= 4 is 5.91 Å². The van der Waals surface area contributed by atoms with E-state index in [1.807, 2.05) is 54.3 Å². The van der Waals surface area contributed by atoms with Gasteiger partial charge in [0.15, 0.2) is 0 Å². The van der Waals surface area contributed by atoms with Crippen LogP contribution in [0.4, 0.5) is 0 Å². The second-order valence-electron chi connectivity index (χ2n) is 6.13. The maximum atomic E-state index is 12.9. The van der Waals surface area contributed by atoms with Crippen molar-refractivity contribution in [3.63, 3.8) is 0 Å². The first-order chi connectivity index (χ1) is 12.2. The minimum atomic E-state index is 0.103. The lowest BCUT2D eigenvalue weighted by Crippen LogP contribution is -2.31. The number of amides is 1. The number of benzene rings is 1. The predicted molar refractivity (Wildman–Crippen MR) is 97.6 cm³/mol. The van der Waals surface area contributed by atoms with Crippen LogP contribution in [0.25, 0.3) is 0 Å². The summed E-state index contributed by atoms with van der Waals surface area (Å²) in [6.45, 7) is 3.14. The largest absolute Gasteiger partial charge is 0.334 e. The Bertz CT molecular complexity index is 777. The van der Waals surface area contributed by atoms with Crippen LogP contribution in [0.1, 0.15) is 22.3 Å². The van der Waals surface area contributed by atoms with E-state index >= 15 is 0 Å². The van der Waals surface area contributed by atoms with E-state index in [1.165, 1.54) is 5.56 Å². The Morgan fingerprint density at radius 2 is 1.64 bits per heavy atom. The Labute approximate surface area is 148 Å². The van der Waals surface area contributed by atoms with E-state index in [2.05, 4.69) is 16.0 Å². The number of hydrogen-bond acceptors (Lipinski definition) is 3. The van der Waals surface area contributed by atoms with Gasteiger partial charge in [-0.15, -0.1) is 0 Å². The van der Waals surface area contributed by atoms with Crippen LogP contribution >= 0.6 is 0 Å². The van der Waals surface area contributed by atoms with Gasteiger partial charge >= 0.3 is 0 Å². The molecule has 0 bridgehead atoms. The van der Waals surface area contributed by atoms with Crippen molar-refractivity contribution in [2.75, 3.05) is 0 Å². The molecule has 0 saturated carbocycles. The lowest BCUT2D eigenvalue weighted by molar-refractivity contribution is -0.131. The quantitative estimate of drug-likeness (QED) is 0.694. The molecule has 0 radical (unpaired) electrons. The van der Waals surface area contributed by atoms with Crippen molar-refractivity contribution < 1.29 is 4.79 Å². The van der Waals surface area contributed by atoms with Crippen LogP contribution in [0.2, 0.25) is 0 Å². The lowest BCUT2D eigenvalue weighted by atomic mass is 10.1. The molecule has 0 unspecified atom stereocenters. The molecular formula is C21H21N3O. The molecule has 0 saturated heterocycles. The third-order valence-corrected chi connectivity index (χ3v) is 4.01. The summed E-state index contributed by atoms with van der Waals surface area (Å²) >= 11 is 0. The van der Waals surface area contributed by atoms with E-state index in [0.29, 0.717) is 19.5 Å². The van der Waals surface area contributed by atoms with Gasteiger partial charge in [-0.25, -0.2) is 0 Å². The fourth-order valence-corrected chi connectivity index (χ4v) is 2.76. The van der Waals surface area contributed by atoms with Crippen molar-refractivity contribution in [2.24, 2.45) is 0 Å². The molecule has 0 spiro atoms. The Morgan fingerprint density at radius 1 is 0.880 bits per heavy atom. The van der Waals surface area contributed by atoms with Crippen LogP contribution in [0.5, 0.6) is 0 Å². The molecule has 0 aliphatic carbocycles. The number of nitrogens with zero attached hydrogens (tertiary/aromatic N) is 3. The Morgan fingerprint density at radius 3 is 2.36 bits per heavy atom. The predicted octanol–water partition coefficient (Wildman–Crippen LogP) is 3.56. The highest BCUT2D eigenvalue weighted by molar-refractivity contribution is 5.78. The molecule has 0 aliphatic heterocycles. The van der Waals surface area contributed by atoms with Crippen molar-refractivity contribution in [1.29, 1.82) is 0 Å². The summed E-state index contributed by atoms with van der Waals surface area (Å²) in [4.78, 5) is 23.0. The second kappa shape index (κ2) is 8.20. The molecule has 0 atom stereocenters. The van der Waals surface area contributed by atoms with Crippen LogP contribution in [-0.4, -0.2) is 20.8 Å². The Balaban J connectivity index is 1.78. The van der Waals surface area contributed by atoms with Crippen LogP contribution in [0, 0.1) is 6.92 Å². The average molecular weight is 331 g/mol. The monoisotopic (exact) mass is 331 g/mol. The zero-order valence-electron chi connectivity index (χ0n) is 14.3. The third-order valence-electron chi connectivity index (χ3n) is 4.01. The van der Waals surface area contributed by atoms with Crippen molar-refractivity contribution in [2.45, 2.75) is 26.4 Å². The molecule has 0 aliphatic rings. The van der Waals surface area contributed by atoms with E-state index in [0.717, 1.165) is 16.7 Å². The zero-order valence-corrected chi connectivity index (χ0v) is 14.3. The van der Waals surface area contributed by atoms with Gasteiger partial charge in [-0.05, 0) is 41.8 Å². The van der Waals surface area contributed by atoms with Crippen molar-refractivity contribution in [3.05, 3.63) is 95.6 Å². The van der Waals surface area contributed by atoms with Gasteiger partial charge in [-0.1, -0.05) is 35.9 Å². The van der Waals surface area contributed by atoms with E-state index in [-0.39, 0.29) is 5.91 Å². The minimum absolute atomic E-state index is 0.103. The molecule has 126 valence electrons. The molecule has 1 aromatic carbocycles. The maximum Gasteiger partial charge on any atom is 0.227 e. The van der Waals surface area contributed by atoms with Crippen molar-refractivity contribution in [3.8, 4) is 0 Å². The molecule has 2 heterocycles. The lowest BCUT2D eigenvalue weighted by Gasteiger charge is -2.23. The van der Waals surface area contributed by atoms with Gasteiger partial charge < -0.3 is 4.90 Å². The molecular weight excluding hydrogens is 310 g/mol. The highest BCUT2D eigenvalue weighted by atomic mass is 16.2. The smallest absolute Gasteiger partial charge is 0.227 e. The third kappa shape index (κ3) is 4.98. The molecule has 25 heavy (non-hydrogen) atoms. The summed E-state index contributed by atoms with van der Waals surface area (Å²) < 4.78 is 0. The summed E-state index contributed by atoms with van der Waals surface area (Å²) in [5.74, 6) is 0.103. The van der Waals surface area contributed by atoms with Crippen LogP contribution in [0.3, 0.4) is 0 Å². The molecule has 0 N–H and O–H groups in total. The summed E-state index contributed by atoms with van der Waals surface area (Å²) in [6.07, 6.45) is 7.45. The van der Waals surface area contributed by atoms with Gasteiger partial charge in [0.25, 0.3) is 0 Å². The zero-order chi connectivity index (χ0) is 17.5. The van der Waals surface area contributed by atoms with Gasteiger partial charge in [0.2, 0.25) is 5.91 Å². The maximum absolute atomic E-state index is 12.9. The highest BCUT2D eigenvalue weighted by Crippen LogP contribution is 2.13. The Hall–Kier alpha value is -3.01. The second-order valence-corrected chi connectivity index (χ2v) is 6.13. The first-order valence-corrected chi connectivity index (χ1v) is 8.32. The minimum Gasteiger partial charge on any atom is -0.334 e. The van der Waals surface area contributed by atoms with Crippen LogP contribution < -0.4 is 0 Å². The van der Waals surface area contributed by atoms with Crippen LogP contribution in [-0.2, 0) is 24.3 Å². The molecule has 3 aromatic rings. The Kier molecular flexibility index (Phi) is 5.52. The van der Waals surface area contributed by atoms with E-state index < -0.39 is 0 Å². The number of aryl methyl sites for hydroxylation is 1. The number of hydrogen-bond donors (Lipinski definition) is 0. The summed E-state index contributed by atoms with van der Waals surface area (Å²) in [5.41, 5.74) is 4.29. The van der Waals surface area contributed by atoms with E-state index in [4.69, 9.17) is 0 Å². The SMILES string of the molecule is Cc1cccc(CC(=O)N(Cc2ccncc2)Cc2cccnc2)c1. The van der Waals surface area contributed by atoms with Gasteiger partial charge in [0, 0.05) is 37.9 Å². The van der Waals surface area contributed by atoms with Gasteiger partial charge in [-0.2, -0.15) is 0 Å². The first kappa shape index (κ1) is 16.8. The normalized spacial score (nSPS) is 10.4. The van der Waals surface area contributed by atoms with E-state index in [9.17, 15) is 4.79 Å². The van der Waals surface area contributed by atoms with Gasteiger partial charge in [0.1, 0.15) is 0 Å². The molecule has 4 heteroatoms. The fourth-order valence-electron chi connectivity index (χ4n) is 2.76.